The number of carbonyl (C=O) groups is 2. The van der Waals surface area contributed by atoms with Crippen molar-refractivity contribution in [3.05, 3.63) is 0 Å². The number of unbranched alkanes of at least 4 members (excludes halogenated alkanes) is 1. The van der Waals surface area contributed by atoms with Crippen LogP contribution in [0.5, 0.6) is 0 Å². The Hall–Kier alpha value is -1.02. The molecule has 0 aromatic carbocycles. The fourth-order valence-corrected chi connectivity index (χ4v) is 1.69. The normalized spacial score (nSPS) is 13.7. The molecule has 0 aliphatic heterocycles. The van der Waals surface area contributed by atoms with E-state index in [2.05, 4.69) is 22.3 Å². The lowest BCUT2D eigenvalue weighted by molar-refractivity contribution is -0.160. The van der Waals surface area contributed by atoms with Gasteiger partial charge in [0.15, 0.2) is 11.9 Å². The molecule has 2 atom stereocenters. The summed E-state index contributed by atoms with van der Waals surface area (Å²) < 4.78 is 4.26. The minimum atomic E-state index is -1.81. The average Bonchev–Trinajstić information content (AvgIpc) is 2.50. The molecule has 7 nitrogen and oxygen atoms in total. The van der Waals surface area contributed by atoms with Crippen LogP contribution in [0.15, 0.2) is 0 Å². The standard InChI is InChI=1S/C14H28N2O5/c1-3-4-7-15-9-10-16-8-5-6-11(17)12(18)13(19)14(20)21-2/h12-13,15-16,18-19H,3-10H2,1-2H3/t12-,13+/m0/s1. The van der Waals surface area contributed by atoms with Gasteiger partial charge in [-0.25, -0.2) is 4.79 Å². The first-order valence-electron chi connectivity index (χ1n) is 7.42. The van der Waals surface area contributed by atoms with Crippen molar-refractivity contribution < 1.29 is 24.5 Å². The van der Waals surface area contributed by atoms with Crippen molar-refractivity contribution in [2.75, 3.05) is 33.3 Å². The highest BCUT2D eigenvalue weighted by Gasteiger charge is 2.30. The SMILES string of the molecule is CCCCNCCNCCCC(=O)[C@H](O)[C@@H](O)C(=O)OC. The molecule has 0 heterocycles. The zero-order valence-electron chi connectivity index (χ0n) is 12.9. The zero-order chi connectivity index (χ0) is 16.1. The van der Waals surface area contributed by atoms with E-state index in [0.717, 1.165) is 33.2 Å². The van der Waals surface area contributed by atoms with Crippen molar-refractivity contribution >= 4 is 11.8 Å². The number of carbonyl (C=O) groups excluding carboxylic acids is 2. The highest BCUT2D eigenvalue weighted by atomic mass is 16.5. The predicted molar refractivity (Wildman–Crippen MR) is 78.9 cm³/mol. The summed E-state index contributed by atoms with van der Waals surface area (Å²) in [7, 11) is 1.08. The van der Waals surface area contributed by atoms with Crippen molar-refractivity contribution in [1.82, 2.24) is 10.6 Å². The molecule has 21 heavy (non-hydrogen) atoms. The molecule has 0 fully saturated rings. The Morgan fingerprint density at radius 2 is 1.57 bits per heavy atom. The summed E-state index contributed by atoms with van der Waals surface area (Å²) in [4.78, 5) is 22.5. The Bertz CT molecular complexity index is 299. The monoisotopic (exact) mass is 304 g/mol. The number of rotatable bonds is 13. The fraction of sp³-hybridized carbons (Fsp3) is 0.857. The number of nitrogens with one attached hydrogen (secondary N) is 2. The third-order valence-corrected chi connectivity index (χ3v) is 3.03. The molecule has 0 radical (unpaired) electrons. The fourth-order valence-electron chi connectivity index (χ4n) is 1.69. The lowest BCUT2D eigenvalue weighted by atomic mass is 10.1. The molecular weight excluding hydrogens is 276 g/mol. The number of ether oxygens (including phenoxy) is 1. The summed E-state index contributed by atoms with van der Waals surface area (Å²) in [5.41, 5.74) is 0. The quantitative estimate of drug-likeness (QED) is 0.261. The van der Waals surface area contributed by atoms with E-state index in [4.69, 9.17) is 0 Å². The molecule has 0 aromatic heterocycles. The first-order chi connectivity index (χ1) is 10.0. The molecule has 0 bridgehead atoms. The number of methoxy groups -OCH3 is 1. The maximum absolute atomic E-state index is 11.6. The molecule has 0 saturated carbocycles. The Morgan fingerprint density at radius 3 is 2.10 bits per heavy atom. The Labute approximate surface area is 126 Å². The zero-order valence-corrected chi connectivity index (χ0v) is 12.9. The third kappa shape index (κ3) is 9.52. The number of Topliss-reactive ketones (excluding diaryl/α,β-unsaturated/α-hetero) is 1. The van der Waals surface area contributed by atoms with Crippen LogP contribution < -0.4 is 10.6 Å². The Balaban J connectivity index is 3.59. The summed E-state index contributed by atoms with van der Waals surface area (Å²) >= 11 is 0. The average molecular weight is 304 g/mol. The number of hydrogen-bond donors (Lipinski definition) is 4. The molecule has 124 valence electrons. The molecule has 0 unspecified atom stereocenters. The number of aliphatic hydroxyl groups is 2. The maximum Gasteiger partial charge on any atom is 0.337 e. The second-order valence-corrected chi connectivity index (χ2v) is 4.84. The summed E-state index contributed by atoms with van der Waals surface area (Å²) in [6.07, 6.45) is -0.548. The maximum atomic E-state index is 11.6. The lowest BCUT2D eigenvalue weighted by Crippen LogP contribution is -2.40. The van der Waals surface area contributed by atoms with Crippen LogP contribution in [0.1, 0.15) is 32.6 Å². The van der Waals surface area contributed by atoms with Crippen LogP contribution in [0.2, 0.25) is 0 Å². The molecular formula is C14H28N2O5. The number of hydrogen-bond acceptors (Lipinski definition) is 7. The van der Waals surface area contributed by atoms with Crippen molar-refractivity contribution in [3.8, 4) is 0 Å². The second kappa shape index (κ2) is 12.7. The van der Waals surface area contributed by atoms with Gasteiger partial charge in [-0.05, 0) is 25.9 Å². The van der Waals surface area contributed by atoms with Gasteiger partial charge in [0, 0.05) is 19.5 Å². The van der Waals surface area contributed by atoms with Gasteiger partial charge in [-0.2, -0.15) is 0 Å². The van der Waals surface area contributed by atoms with Gasteiger partial charge >= 0.3 is 5.97 Å². The van der Waals surface area contributed by atoms with E-state index in [-0.39, 0.29) is 6.42 Å². The molecule has 0 saturated heterocycles. The van der Waals surface area contributed by atoms with Gasteiger partial charge in [-0.15, -0.1) is 0 Å². The molecule has 0 rings (SSSR count). The van der Waals surface area contributed by atoms with Crippen LogP contribution in [-0.4, -0.2) is 67.5 Å². The van der Waals surface area contributed by atoms with E-state index in [1.807, 2.05) is 0 Å². The van der Waals surface area contributed by atoms with Gasteiger partial charge in [-0.3, -0.25) is 4.79 Å². The second-order valence-electron chi connectivity index (χ2n) is 4.84. The number of esters is 1. The highest BCUT2D eigenvalue weighted by Crippen LogP contribution is 2.02. The largest absolute Gasteiger partial charge is 0.467 e. The van der Waals surface area contributed by atoms with Crippen LogP contribution in [-0.2, 0) is 14.3 Å². The highest BCUT2D eigenvalue weighted by molar-refractivity contribution is 5.89. The number of ketones is 1. The molecule has 4 N–H and O–H groups in total. The van der Waals surface area contributed by atoms with Crippen LogP contribution in [0.3, 0.4) is 0 Å². The molecule has 0 amide bonds. The third-order valence-electron chi connectivity index (χ3n) is 3.03. The predicted octanol–water partition coefficient (Wildman–Crippen LogP) is -0.790. The van der Waals surface area contributed by atoms with E-state index >= 15 is 0 Å². The van der Waals surface area contributed by atoms with Gasteiger partial charge in [0.1, 0.15) is 6.10 Å². The van der Waals surface area contributed by atoms with Crippen molar-refractivity contribution in [2.45, 2.75) is 44.8 Å². The lowest BCUT2D eigenvalue weighted by Gasteiger charge is -2.14. The molecule has 0 spiro atoms. The van der Waals surface area contributed by atoms with Crippen molar-refractivity contribution in [1.29, 1.82) is 0 Å². The topological polar surface area (TPSA) is 108 Å². The summed E-state index contributed by atoms with van der Waals surface area (Å²) in [6.45, 7) is 5.47. The van der Waals surface area contributed by atoms with E-state index in [9.17, 15) is 19.8 Å². The van der Waals surface area contributed by atoms with Gasteiger partial charge < -0.3 is 25.6 Å². The van der Waals surface area contributed by atoms with Gasteiger partial charge in [-0.1, -0.05) is 13.3 Å². The summed E-state index contributed by atoms with van der Waals surface area (Å²) in [5, 5.41) is 25.3. The first kappa shape index (κ1) is 20.0. The summed E-state index contributed by atoms with van der Waals surface area (Å²) in [5.74, 6) is -1.57. The van der Waals surface area contributed by atoms with Crippen molar-refractivity contribution in [2.24, 2.45) is 0 Å². The van der Waals surface area contributed by atoms with Gasteiger partial charge in [0.2, 0.25) is 0 Å². The number of aliphatic hydroxyl groups excluding tert-OH is 2. The van der Waals surface area contributed by atoms with Crippen LogP contribution in [0.25, 0.3) is 0 Å². The van der Waals surface area contributed by atoms with Gasteiger partial charge in [0.25, 0.3) is 0 Å². The Morgan fingerprint density at radius 1 is 1.00 bits per heavy atom. The molecule has 0 aromatic rings. The van der Waals surface area contributed by atoms with Gasteiger partial charge in [0.05, 0.1) is 7.11 Å². The molecule has 0 aliphatic rings. The van der Waals surface area contributed by atoms with E-state index in [1.165, 1.54) is 6.42 Å². The van der Waals surface area contributed by atoms with Crippen LogP contribution >= 0.6 is 0 Å². The van der Waals surface area contributed by atoms with E-state index in [1.54, 1.807) is 0 Å². The van der Waals surface area contributed by atoms with E-state index in [0.29, 0.717) is 13.0 Å². The smallest absolute Gasteiger partial charge is 0.337 e. The first-order valence-corrected chi connectivity index (χ1v) is 7.42. The summed E-state index contributed by atoms with van der Waals surface area (Å²) in [6, 6.07) is 0. The van der Waals surface area contributed by atoms with Crippen LogP contribution in [0.4, 0.5) is 0 Å². The van der Waals surface area contributed by atoms with E-state index < -0.39 is 24.0 Å². The van der Waals surface area contributed by atoms with Crippen LogP contribution in [0, 0.1) is 0 Å². The Kier molecular flexibility index (Phi) is 12.1. The minimum Gasteiger partial charge on any atom is -0.467 e. The molecule has 0 aliphatic carbocycles. The van der Waals surface area contributed by atoms with Crippen molar-refractivity contribution in [3.63, 3.8) is 0 Å². The molecule has 7 heteroatoms. The minimum absolute atomic E-state index is 0.103.